The summed E-state index contributed by atoms with van der Waals surface area (Å²) in [5, 5.41) is 2.57. The number of aromatic nitrogens is 1. The molecule has 1 aliphatic heterocycles. The molecule has 0 saturated heterocycles. The third kappa shape index (κ3) is 7.20. The first-order valence-corrected chi connectivity index (χ1v) is 16.3. The number of benzene rings is 3. The van der Waals surface area contributed by atoms with Gasteiger partial charge in [0.25, 0.3) is 15.6 Å². The number of hydrogen-bond acceptors (Lipinski definition) is 7. The summed E-state index contributed by atoms with van der Waals surface area (Å²) < 4.78 is 71.1. The summed E-state index contributed by atoms with van der Waals surface area (Å²) in [5.41, 5.74) is 3.09. The third-order valence-electron chi connectivity index (χ3n) is 6.81. The number of hydrogen-bond donors (Lipinski definition) is 2. The van der Waals surface area contributed by atoms with Crippen LogP contribution >= 0.6 is 11.6 Å². The molecule has 2 heterocycles. The Morgan fingerprint density at radius 3 is 2.62 bits per heavy atom. The lowest BCUT2D eigenvalue weighted by Gasteiger charge is -2.18. The largest absolute Gasteiger partial charge is 0.439 e. The average molecular weight is 634 g/mol. The van der Waals surface area contributed by atoms with Crippen molar-refractivity contribution in [3.63, 3.8) is 0 Å². The van der Waals surface area contributed by atoms with Crippen molar-refractivity contribution in [1.29, 1.82) is 0 Å². The highest BCUT2D eigenvalue weighted by Crippen LogP contribution is 2.41. The molecule has 10 nitrogen and oxygen atoms in total. The summed E-state index contributed by atoms with van der Waals surface area (Å²) in [5.74, 6) is 1.33. The van der Waals surface area contributed by atoms with Gasteiger partial charge in [-0.1, -0.05) is 42.8 Å². The number of anilines is 1. The Hall–Kier alpha value is -3.26. The quantitative estimate of drug-likeness (QED) is 0.0849. The molecule has 222 valence electrons. The van der Waals surface area contributed by atoms with Crippen LogP contribution in [0.5, 0.6) is 5.75 Å². The molecule has 1 aliphatic rings. The standard InChI is InChI=1S/C29H29ClN2O8S2/c1-2-20(15-28-31(11-5-13-38-41(33)34)25-19-23(30)9-10-26(25)39-28)16-29-32(12-6-14-42(35,36)37)24-17-21-7-3-4-8-22(21)18-27(24)40-29/h3-4,7-10,15-19H,2,5-6,11-14H2,1H3,(H-,33,34,35,36,37)/p+1. The van der Waals surface area contributed by atoms with Crippen LogP contribution < -0.4 is 14.2 Å². The third-order valence-corrected chi connectivity index (χ3v) is 8.22. The smallest absolute Gasteiger partial charge is 0.374 e. The highest BCUT2D eigenvalue weighted by molar-refractivity contribution is 7.85. The summed E-state index contributed by atoms with van der Waals surface area (Å²) in [6.07, 6.45) is 5.05. The monoisotopic (exact) mass is 633 g/mol. The van der Waals surface area contributed by atoms with Gasteiger partial charge in [0.15, 0.2) is 12.3 Å². The Morgan fingerprint density at radius 1 is 1.14 bits per heavy atom. The molecule has 2 N–H and O–H groups in total. The van der Waals surface area contributed by atoms with E-state index in [0.717, 1.165) is 27.5 Å². The molecule has 1 unspecified atom stereocenters. The minimum atomic E-state index is -4.11. The van der Waals surface area contributed by atoms with Gasteiger partial charge in [0.1, 0.15) is 0 Å². The topological polar surface area (TPSA) is 130 Å². The van der Waals surface area contributed by atoms with Crippen LogP contribution in [0.4, 0.5) is 5.69 Å². The maximum absolute atomic E-state index is 11.4. The van der Waals surface area contributed by atoms with Crippen LogP contribution in [0, 0.1) is 0 Å². The van der Waals surface area contributed by atoms with Gasteiger partial charge in [-0.15, -0.1) is 0 Å². The van der Waals surface area contributed by atoms with Gasteiger partial charge in [-0.2, -0.15) is 17.2 Å². The minimum Gasteiger partial charge on any atom is -0.439 e. The molecule has 0 aliphatic carbocycles. The van der Waals surface area contributed by atoms with E-state index in [2.05, 4.69) is 0 Å². The van der Waals surface area contributed by atoms with Gasteiger partial charge in [0, 0.05) is 30.1 Å². The predicted molar refractivity (Wildman–Crippen MR) is 162 cm³/mol. The Bertz CT molecular complexity index is 1820. The van der Waals surface area contributed by atoms with Crippen LogP contribution in [0.2, 0.25) is 5.02 Å². The molecule has 0 amide bonds. The van der Waals surface area contributed by atoms with Crippen molar-refractivity contribution in [2.45, 2.75) is 32.7 Å². The SMILES string of the molecule is CCC(=Cc1oc2cc3ccccc3cc2[n+]1CCCS(=O)(=O)O)C=C1Oc2ccc(Cl)cc2N1CCCOS(=O)O. The number of ether oxygens (including phenoxy) is 1. The normalized spacial score (nSPS) is 15.5. The fourth-order valence-electron chi connectivity index (χ4n) is 4.86. The van der Waals surface area contributed by atoms with Crippen molar-refractivity contribution in [3.05, 3.63) is 83.0 Å². The fraction of sp³-hybridized carbons (Fsp3) is 0.276. The predicted octanol–water partition coefficient (Wildman–Crippen LogP) is 5.88. The van der Waals surface area contributed by atoms with E-state index in [1.54, 1.807) is 18.2 Å². The Morgan fingerprint density at radius 2 is 1.90 bits per heavy atom. The van der Waals surface area contributed by atoms with E-state index in [9.17, 15) is 17.2 Å². The van der Waals surface area contributed by atoms with Crippen molar-refractivity contribution in [2.75, 3.05) is 23.8 Å². The Balaban J connectivity index is 1.52. The van der Waals surface area contributed by atoms with Gasteiger partial charge in [0.05, 0.1) is 24.1 Å². The molecular formula is C29H30ClN2O8S2+. The molecule has 13 heteroatoms. The zero-order valence-electron chi connectivity index (χ0n) is 22.7. The number of halogens is 1. The van der Waals surface area contributed by atoms with Crippen molar-refractivity contribution in [1.82, 2.24) is 0 Å². The van der Waals surface area contributed by atoms with Crippen LogP contribution in [-0.4, -0.2) is 40.6 Å². The fourth-order valence-corrected chi connectivity index (χ4v) is 5.78. The maximum Gasteiger partial charge on any atom is 0.374 e. The zero-order chi connectivity index (χ0) is 29.9. The van der Waals surface area contributed by atoms with E-state index < -0.39 is 21.5 Å². The molecule has 0 saturated carbocycles. The first-order valence-electron chi connectivity index (χ1n) is 13.3. The first-order chi connectivity index (χ1) is 20.1. The summed E-state index contributed by atoms with van der Waals surface area (Å²) in [6.45, 7) is 2.83. The molecule has 1 atom stereocenters. The lowest BCUT2D eigenvalue weighted by Crippen LogP contribution is -2.36. The van der Waals surface area contributed by atoms with Crippen LogP contribution in [-0.2, 0) is 32.2 Å². The molecule has 3 aromatic carbocycles. The zero-order valence-corrected chi connectivity index (χ0v) is 25.1. The second-order valence-electron chi connectivity index (χ2n) is 9.71. The second kappa shape index (κ2) is 12.9. The van der Waals surface area contributed by atoms with Gasteiger partial charge in [-0.05, 0) is 53.5 Å². The van der Waals surface area contributed by atoms with Crippen molar-refractivity contribution < 1.29 is 39.6 Å². The highest BCUT2D eigenvalue weighted by Gasteiger charge is 2.28. The van der Waals surface area contributed by atoms with Gasteiger partial charge >= 0.3 is 17.3 Å². The van der Waals surface area contributed by atoms with Gasteiger partial charge in [-0.3, -0.25) is 13.3 Å². The first kappa shape index (κ1) is 30.2. The lowest BCUT2D eigenvalue weighted by molar-refractivity contribution is -0.677. The van der Waals surface area contributed by atoms with Crippen LogP contribution in [0.25, 0.3) is 27.9 Å². The molecule has 0 spiro atoms. The molecule has 42 heavy (non-hydrogen) atoms. The Kier molecular flexibility index (Phi) is 9.31. The average Bonchev–Trinajstić information content (AvgIpc) is 3.44. The number of fused-ring (bicyclic) bond motifs is 3. The molecule has 0 fully saturated rings. The van der Waals surface area contributed by atoms with Gasteiger partial charge in [-0.25, -0.2) is 0 Å². The highest BCUT2D eigenvalue weighted by atomic mass is 35.5. The van der Waals surface area contributed by atoms with Crippen LogP contribution in [0.15, 0.2) is 76.5 Å². The summed E-state index contributed by atoms with van der Waals surface area (Å²) >= 11 is 3.93. The lowest BCUT2D eigenvalue weighted by atomic mass is 10.1. The van der Waals surface area contributed by atoms with E-state index >= 15 is 0 Å². The van der Waals surface area contributed by atoms with E-state index in [1.165, 1.54) is 0 Å². The van der Waals surface area contributed by atoms with Crippen molar-refractivity contribution in [2.24, 2.45) is 0 Å². The summed E-state index contributed by atoms with van der Waals surface area (Å²) in [4.78, 5) is 1.93. The summed E-state index contributed by atoms with van der Waals surface area (Å²) in [7, 11) is -4.11. The number of oxazole rings is 1. The number of rotatable bonds is 12. The second-order valence-corrected chi connectivity index (χ2v) is 12.4. The minimum absolute atomic E-state index is 0.0795. The van der Waals surface area contributed by atoms with E-state index in [0.29, 0.717) is 54.1 Å². The van der Waals surface area contributed by atoms with E-state index in [4.69, 9.17) is 29.5 Å². The number of aryl methyl sites for hydroxylation is 1. The molecule has 1 aromatic heterocycles. The number of nitrogens with zero attached hydrogens (tertiary/aromatic N) is 2. The Labute approximate surface area is 251 Å². The molecule has 4 aromatic rings. The maximum atomic E-state index is 11.4. The molecule has 5 rings (SSSR count). The van der Waals surface area contributed by atoms with Crippen LogP contribution in [0.1, 0.15) is 32.1 Å². The van der Waals surface area contributed by atoms with E-state index in [1.807, 2.05) is 64.9 Å². The van der Waals surface area contributed by atoms with Crippen molar-refractivity contribution in [3.8, 4) is 5.75 Å². The van der Waals surface area contributed by atoms with E-state index in [-0.39, 0.29) is 18.8 Å². The van der Waals surface area contributed by atoms with Crippen LogP contribution in [0.3, 0.4) is 0 Å². The molecule has 0 bridgehead atoms. The van der Waals surface area contributed by atoms with Gasteiger partial charge in [0.2, 0.25) is 11.5 Å². The van der Waals surface area contributed by atoms with Gasteiger partial charge < -0.3 is 14.1 Å². The summed E-state index contributed by atoms with van der Waals surface area (Å²) in [6, 6.07) is 17.2. The molecular weight excluding hydrogens is 604 g/mol. The number of allylic oxidation sites excluding steroid dienone is 2. The van der Waals surface area contributed by atoms with Crippen molar-refractivity contribution >= 4 is 66.7 Å². The molecule has 0 radical (unpaired) electrons.